The van der Waals surface area contributed by atoms with E-state index >= 15 is 0 Å². The number of nitrogens with one attached hydrogen (secondary N) is 2. The lowest BCUT2D eigenvalue weighted by Crippen LogP contribution is -2.19. The van der Waals surface area contributed by atoms with Crippen molar-refractivity contribution in [3.05, 3.63) is 70.4 Å². The third-order valence-corrected chi connectivity index (χ3v) is 4.80. The van der Waals surface area contributed by atoms with Gasteiger partial charge in [-0.15, -0.1) is 0 Å². The minimum atomic E-state index is 0.434. The number of H-pyrrole nitrogens is 1. The average Bonchev–Trinajstić information content (AvgIpc) is 3.07. The standard InChI is InChI=1S/C18H17ClN2/c19-18-14-7-3-4-8-16(14)21-17(18)11-20-15-10-9-12-5-1-2-6-13(12)15/h1-8,15,20-21H,9-11H2. The van der Waals surface area contributed by atoms with Crippen molar-refractivity contribution in [1.29, 1.82) is 0 Å². The quantitative estimate of drug-likeness (QED) is 0.726. The number of para-hydroxylation sites is 1. The van der Waals surface area contributed by atoms with E-state index in [4.69, 9.17) is 11.6 Å². The molecule has 2 aromatic carbocycles. The predicted octanol–water partition coefficient (Wildman–Crippen LogP) is 4.60. The Labute approximate surface area is 129 Å². The number of aryl methyl sites for hydroxylation is 1. The molecule has 1 aliphatic carbocycles. The van der Waals surface area contributed by atoms with E-state index in [9.17, 15) is 0 Å². The van der Waals surface area contributed by atoms with Crippen molar-refractivity contribution in [3.63, 3.8) is 0 Å². The van der Waals surface area contributed by atoms with Crippen LogP contribution in [0.1, 0.15) is 29.3 Å². The number of halogens is 1. The number of rotatable bonds is 3. The molecule has 1 aromatic heterocycles. The molecular formula is C18H17ClN2. The molecule has 0 saturated heterocycles. The Kier molecular flexibility index (Phi) is 3.21. The number of benzene rings is 2. The van der Waals surface area contributed by atoms with Crippen LogP contribution in [0.4, 0.5) is 0 Å². The van der Waals surface area contributed by atoms with Gasteiger partial charge in [-0.2, -0.15) is 0 Å². The summed E-state index contributed by atoms with van der Waals surface area (Å²) in [5, 5.41) is 5.58. The van der Waals surface area contributed by atoms with Gasteiger partial charge in [0.25, 0.3) is 0 Å². The summed E-state index contributed by atoms with van der Waals surface area (Å²) < 4.78 is 0. The summed E-state index contributed by atoms with van der Waals surface area (Å²) in [6, 6.07) is 17.3. The van der Waals surface area contributed by atoms with Gasteiger partial charge >= 0.3 is 0 Å². The highest BCUT2D eigenvalue weighted by molar-refractivity contribution is 6.36. The summed E-state index contributed by atoms with van der Waals surface area (Å²) in [7, 11) is 0. The molecule has 3 aromatic rings. The first-order valence-corrected chi connectivity index (χ1v) is 7.77. The number of hydrogen-bond acceptors (Lipinski definition) is 1. The molecule has 0 radical (unpaired) electrons. The third kappa shape index (κ3) is 2.25. The zero-order chi connectivity index (χ0) is 14.2. The van der Waals surface area contributed by atoms with E-state index in [1.165, 1.54) is 11.1 Å². The number of aromatic nitrogens is 1. The van der Waals surface area contributed by atoms with Crippen molar-refractivity contribution < 1.29 is 0 Å². The fraction of sp³-hybridized carbons (Fsp3) is 0.222. The maximum absolute atomic E-state index is 6.47. The summed E-state index contributed by atoms with van der Waals surface area (Å²) in [6.07, 6.45) is 2.32. The van der Waals surface area contributed by atoms with E-state index in [1.807, 2.05) is 12.1 Å². The van der Waals surface area contributed by atoms with Gasteiger partial charge in [0.2, 0.25) is 0 Å². The van der Waals surface area contributed by atoms with E-state index in [1.54, 1.807) is 0 Å². The largest absolute Gasteiger partial charge is 0.356 e. The number of hydrogen-bond donors (Lipinski definition) is 2. The molecular weight excluding hydrogens is 280 g/mol. The topological polar surface area (TPSA) is 27.8 Å². The van der Waals surface area contributed by atoms with E-state index in [0.29, 0.717) is 6.04 Å². The van der Waals surface area contributed by atoms with Gasteiger partial charge in [-0.3, -0.25) is 0 Å². The fourth-order valence-electron chi connectivity index (χ4n) is 3.28. The van der Waals surface area contributed by atoms with Gasteiger partial charge in [0.15, 0.2) is 0 Å². The van der Waals surface area contributed by atoms with Gasteiger partial charge in [-0.1, -0.05) is 54.1 Å². The second-order valence-electron chi connectivity index (χ2n) is 5.63. The van der Waals surface area contributed by atoms with Crippen LogP contribution in [0.3, 0.4) is 0 Å². The number of fused-ring (bicyclic) bond motifs is 2. The molecule has 0 spiro atoms. The summed E-state index contributed by atoms with van der Waals surface area (Å²) >= 11 is 6.47. The molecule has 0 fully saturated rings. The van der Waals surface area contributed by atoms with Crippen LogP contribution < -0.4 is 5.32 Å². The van der Waals surface area contributed by atoms with Gasteiger partial charge in [0.1, 0.15) is 0 Å². The Hall–Kier alpha value is -1.77. The van der Waals surface area contributed by atoms with Crippen molar-refractivity contribution in [2.75, 3.05) is 0 Å². The Bertz CT molecular complexity index is 791. The van der Waals surface area contributed by atoms with Crippen molar-refractivity contribution in [3.8, 4) is 0 Å². The maximum Gasteiger partial charge on any atom is 0.0705 e. The molecule has 0 saturated carbocycles. The van der Waals surface area contributed by atoms with Crippen molar-refractivity contribution in [1.82, 2.24) is 10.3 Å². The lowest BCUT2D eigenvalue weighted by atomic mass is 10.1. The van der Waals surface area contributed by atoms with Gasteiger partial charge in [-0.25, -0.2) is 0 Å². The van der Waals surface area contributed by atoms with Crippen LogP contribution in [-0.2, 0) is 13.0 Å². The summed E-state index contributed by atoms with van der Waals surface area (Å²) in [4.78, 5) is 3.42. The molecule has 4 rings (SSSR count). The van der Waals surface area contributed by atoms with Gasteiger partial charge < -0.3 is 10.3 Å². The zero-order valence-electron chi connectivity index (χ0n) is 11.7. The molecule has 2 nitrogen and oxygen atoms in total. The van der Waals surface area contributed by atoms with Crippen molar-refractivity contribution >= 4 is 22.5 Å². The molecule has 21 heavy (non-hydrogen) atoms. The second kappa shape index (κ2) is 5.21. The molecule has 1 heterocycles. The van der Waals surface area contributed by atoms with Gasteiger partial charge in [0.05, 0.1) is 5.02 Å². The lowest BCUT2D eigenvalue weighted by molar-refractivity contribution is 0.526. The first kappa shape index (κ1) is 12.9. The van der Waals surface area contributed by atoms with E-state index in [0.717, 1.165) is 41.0 Å². The van der Waals surface area contributed by atoms with Gasteiger partial charge in [-0.05, 0) is 30.0 Å². The number of aromatic amines is 1. The van der Waals surface area contributed by atoms with E-state index in [-0.39, 0.29) is 0 Å². The highest BCUT2D eigenvalue weighted by atomic mass is 35.5. The van der Waals surface area contributed by atoms with Crippen LogP contribution in [0.15, 0.2) is 48.5 Å². The van der Waals surface area contributed by atoms with Crippen LogP contribution in [0.25, 0.3) is 10.9 Å². The van der Waals surface area contributed by atoms with Crippen molar-refractivity contribution in [2.45, 2.75) is 25.4 Å². The van der Waals surface area contributed by atoms with Gasteiger partial charge in [0, 0.05) is 29.2 Å². The molecule has 1 unspecified atom stereocenters. The SMILES string of the molecule is Clc1c(CNC2CCc3ccccc32)[nH]c2ccccc12. The molecule has 0 aliphatic heterocycles. The molecule has 1 aliphatic rings. The normalized spacial score (nSPS) is 17.3. The summed E-state index contributed by atoms with van der Waals surface area (Å²) in [5.74, 6) is 0. The minimum absolute atomic E-state index is 0.434. The van der Waals surface area contributed by atoms with Crippen LogP contribution in [0, 0.1) is 0 Å². The molecule has 0 bridgehead atoms. The predicted molar refractivity (Wildman–Crippen MR) is 87.7 cm³/mol. The van der Waals surface area contributed by atoms with E-state index in [2.05, 4.69) is 46.7 Å². The molecule has 1 atom stereocenters. The first-order chi connectivity index (χ1) is 10.3. The fourth-order valence-corrected chi connectivity index (χ4v) is 3.56. The Morgan fingerprint density at radius 3 is 2.81 bits per heavy atom. The van der Waals surface area contributed by atoms with Crippen LogP contribution >= 0.6 is 11.6 Å². The van der Waals surface area contributed by atoms with Crippen LogP contribution in [0.2, 0.25) is 5.02 Å². The first-order valence-electron chi connectivity index (χ1n) is 7.39. The highest BCUT2D eigenvalue weighted by Crippen LogP contribution is 2.32. The Balaban J connectivity index is 1.56. The van der Waals surface area contributed by atoms with Crippen molar-refractivity contribution in [2.24, 2.45) is 0 Å². The second-order valence-corrected chi connectivity index (χ2v) is 6.01. The highest BCUT2D eigenvalue weighted by Gasteiger charge is 2.21. The Morgan fingerprint density at radius 1 is 1.10 bits per heavy atom. The van der Waals surface area contributed by atoms with Crippen LogP contribution in [-0.4, -0.2) is 4.98 Å². The molecule has 106 valence electrons. The summed E-state index contributed by atoms with van der Waals surface area (Å²) in [6.45, 7) is 0.770. The smallest absolute Gasteiger partial charge is 0.0705 e. The molecule has 0 amide bonds. The molecule has 3 heteroatoms. The zero-order valence-corrected chi connectivity index (χ0v) is 12.5. The monoisotopic (exact) mass is 296 g/mol. The van der Waals surface area contributed by atoms with E-state index < -0.39 is 0 Å². The van der Waals surface area contributed by atoms with Crippen LogP contribution in [0.5, 0.6) is 0 Å². The lowest BCUT2D eigenvalue weighted by Gasteiger charge is -2.13. The molecule has 2 N–H and O–H groups in total. The minimum Gasteiger partial charge on any atom is -0.356 e. The summed E-state index contributed by atoms with van der Waals surface area (Å²) in [5.41, 5.74) is 5.08. The third-order valence-electron chi connectivity index (χ3n) is 4.37. The Morgan fingerprint density at radius 2 is 1.90 bits per heavy atom. The maximum atomic E-state index is 6.47. The average molecular weight is 297 g/mol.